The van der Waals surface area contributed by atoms with Crippen LogP contribution in [0.3, 0.4) is 0 Å². The molecule has 8 nitrogen and oxygen atoms in total. The van der Waals surface area contributed by atoms with Gasteiger partial charge in [-0.05, 0) is 45.3 Å². The zero-order chi connectivity index (χ0) is 26.0. The molecule has 4 aromatic rings. The molecular formula is C27H30ClN3O5S. The molecule has 0 saturated heterocycles. The molecule has 37 heavy (non-hydrogen) atoms. The third kappa shape index (κ3) is 5.49. The fraction of sp³-hybridized carbons (Fsp3) is 0.259. The first-order valence-electron chi connectivity index (χ1n) is 11.5. The second kappa shape index (κ2) is 11.3. The van der Waals surface area contributed by atoms with Crippen LogP contribution in [0.5, 0.6) is 5.75 Å². The summed E-state index contributed by atoms with van der Waals surface area (Å²) in [7, 11) is 1.67. The third-order valence-corrected chi connectivity index (χ3v) is 7.68. The van der Waals surface area contributed by atoms with Gasteiger partial charge in [0.25, 0.3) is 0 Å². The molecule has 0 spiro atoms. The minimum atomic E-state index is -3.77. The zero-order valence-electron chi connectivity index (χ0n) is 21.1. The maximum Gasteiger partial charge on any atom is 0.340 e. The Morgan fingerprint density at radius 3 is 2.43 bits per heavy atom. The zero-order valence-corrected chi connectivity index (χ0v) is 22.8. The maximum absolute atomic E-state index is 13.4. The number of benzene rings is 2. The van der Waals surface area contributed by atoms with Gasteiger partial charge in [0.1, 0.15) is 5.75 Å². The molecule has 1 N–H and O–H groups in total. The minimum absolute atomic E-state index is 0. The van der Waals surface area contributed by atoms with Gasteiger partial charge < -0.3 is 19.3 Å². The van der Waals surface area contributed by atoms with Gasteiger partial charge in [0.2, 0.25) is 0 Å². The van der Waals surface area contributed by atoms with Crippen molar-refractivity contribution in [2.75, 3.05) is 20.7 Å². The fourth-order valence-corrected chi connectivity index (χ4v) is 5.85. The summed E-state index contributed by atoms with van der Waals surface area (Å²) in [6.45, 7) is 2.14. The maximum atomic E-state index is 13.4. The number of aromatic nitrogens is 2. The second-order valence-corrected chi connectivity index (χ2v) is 10.8. The van der Waals surface area contributed by atoms with Gasteiger partial charge >= 0.3 is 5.97 Å². The van der Waals surface area contributed by atoms with E-state index in [0.29, 0.717) is 39.8 Å². The van der Waals surface area contributed by atoms with Gasteiger partial charge in [-0.1, -0.05) is 24.3 Å². The van der Waals surface area contributed by atoms with Crippen molar-refractivity contribution >= 4 is 39.1 Å². The molecule has 0 bridgehead atoms. The van der Waals surface area contributed by atoms with Crippen LogP contribution >= 0.6 is 12.4 Å². The summed E-state index contributed by atoms with van der Waals surface area (Å²) in [4.78, 5) is 19.5. The highest BCUT2D eigenvalue weighted by molar-refractivity contribution is 7.90. The van der Waals surface area contributed by atoms with Crippen LogP contribution in [0, 0.1) is 0 Å². The summed E-state index contributed by atoms with van der Waals surface area (Å²) >= 11 is 0. The molecule has 196 valence electrons. The molecule has 10 heteroatoms. The number of aromatic hydroxyl groups is 1. The smallest absolute Gasteiger partial charge is 0.340 e. The first kappa shape index (κ1) is 28.2. The Kier molecular flexibility index (Phi) is 8.63. The lowest BCUT2D eigenvalue weighted by Crippen LogP contribution is -2.15. The number of phenols is 1. The van der Waals surface area contributed by atoms with E-state index in [4.69, 9.17) is 4.74 Å². The lowest BCUT2D eigenvalue weighted by atomic mass is 9.96. The van der Waals surface area contributed by atoms with Crippen LogP contribution in [-0.2, 0) is 33.9 Å². The topological polar surface area (TPSA) is 102 Å². The van der Waals surface area contributed by atoms with Gasteiger partial charge in [-0.25, -0.2) is 13.2 Å². The number of sulfone groups is 1. The van der Waals surface area contributed by atoms with Crippen molar-refractivity contribution < 1.29 is 23.1 Å². The molecule has 0 unspecified atom stereocenters. The van der Waals surface area contributed by atoms with E-state index >= 15 is 0 Å². The fourth-order valence-electron chi connectivity index (χ4n) is 4.41. The Hall–Kier alpha value is -3.40. The molecule has 0 aliphatic heterocycles. The molecule has 0 aliphatic rings. The van der Waals surface area contributed by atoms with Crippen molar-refractivity contribution in [3.63, 3.8) is 0 Å². The Morgan fingerprint density at radius 2 is 1.84 bits per heavy atom. The normalized spacial score (nSPS) is 11.5. The van der Waals surface area contributed by atoms with Crippen LogP contribution in [0.15, 0.2) is 65.8 Å². The molecule has 2 aromatic heterocycles. The number of carbonyl (C=O) groups excluding carboxylic acids is 1. The predicted octanol–water partition coefficient (Wildman–Crippen LogP) is 4.58. The molecule has 0 amide bonds. The van der Waals surface area contributed by atoms with E-state index in [9.17, 15) is 18.3 Å². The van der Waals surface area contributed by atoms with Crippen molar-refractivity contribution in [3.05, 3.63) is 77.7 Å². The van der Waals surface area contributed by atoms with Gasteiger partial charge in [0.15, 0.2) is 9.84 Å². The molecule has 4 rings (SSSR count). The van der Waals surface area contributed by atoms with E-state index < -0.39 is 21.6 Å². The van der Waals surface area contributed by atoms with E-state index in [1.807, 2.05) is 25.1 Å². The number of phenolic OH excluding ortho intramolecular Hbond substituents is 1. The number of ether oxygens (including phenoxy) is 1. The highest BCUT2D eigenvalue weighted by Crippen LogP contribution is 2.42. The summed E-state index contributed by atoms with van der Waals surface area (Å²) in [6.07, 6.45) is 3.30. The van der Waals surface area contributed by atoms with E-state index in [1.165, 1.54) is 12.1 Å². The lowest BCUT2D eigenvalue weighted by molar-refractivity contribution is 0.0527. The number of hydrogen-bond donors (Lipinski definition) is 1. The van der Waals surface area contributed by atoms with Gasteiger partial charge in [-0.2, -0.15) is 0 Å². The Balaban J connectivity index is 0.00000380. The first-order valence-corrected chi connectivity index (χ1v) is 13.2. The molecular weight excluding hydrogens is 514 g/mol. The molecule has 0 radical (unpaired) electrons. The number of aryl methyl sites for hydroxylation is 1. The van der Waals surface area contributed by atoms with Gasteiger partial charge in [-0.3, -0.25) is 4.98 Å². The SMILES string of the molecule is CCOC(=O)c1c(CS(=O)(=O)c2ccccc2)n(C)c2cc(-c3cccnc3)c(O)c(CN(C)C)c12.Cl. The summed E-state index contributed by atoms with van der Waals surface area (Å²) in [5, 5.41) is 11.9. The Labute approximate surface area is 222 Å². The van der Waals surface area contributed by atoms with Crippen LogP contribution < -0.4 is 0 Å². The Morgan fingerprint density at radius 1 is 1.14 bits per heavy atom. The predicted molar refractivity (Wildman–Crippen MR) is 146 cm³/mol. The number of carbonyl (C=O) groups is 1. The van der Waals surface area contributed by atoms with Crippen molar-refractivity contribution in [2.24, 2.45) is 7.05 Å². The number of hydrogen-bond acceptors (Lipinski definition) is 7. The number of esters is 1. The summed E-state index contributed by atoms with van der Waals surface area (Å²) in [5.41, 5.74) is 2.83. The van der Waals surface area contributed by atoms with Crippen molar-refractivity contribution in [1.82, 2.24) is 14.5 Å². The summed E-state index contributed by atoms with van der Waals surface area (Å²) in [5.74, 6) is -1.02. The van der Waals surface area contributed by atoms with Gasteiger partial charge in [0.05, 0.1) is 28.3 Å². The van der Waals surface area contributed by atoms with Crippen LogP contribution in [-0.4, -0.2) is 54.6 Å². The average molecular weight is 544 g/mol. The van der Waals surface area contributed by atoms with Crippen LogP contribution in [0.1, 0.15) is 28.5 Å². The summed E-state index contributed by atoms with van der Waals surface area (Å²) < 4.78 is 33.8. The quantitative estimate of drug-likeness (QED) is 0.324. The van der Waals surface area contributed by atoms with E-state index in [2.05, 4.69) is 4.98 Å². The largest absolute Gasteiger partial charge is 0.507 e. The monoisotopic (exact) mass is 543 g/mol. The van der Waals surface area contributed by atoms with Crippen molar-refractivity contribution in [2.45, 2.75) is 24.1 Å². The molecule has 0 atom stereocenters. The number of halogens is 1. The molecule has 0 fully saturated rings. The standard InChI is InChI=1S/C27H29N3O5S.ClH/c1-5-35-27(32)25-23(17-36(33,34)19-11-7-6-8-12-19)30(4)22-14-20(18-10-9-13-28-15-18)26(31)21(24(22)25)16-29(2)3;/h6-15,31H,5,16-17H2,1-4H3;1H. The van der Waals surface area contributed by atoms with E-state index in [-0.39, 0.29) is 35.2 Å². The van der Waals surface area contributed by atoms with Crippen LogP contribution in [0.4, 0.5) is 0 Å². The Bertz CT molecular complexity index is 1520. The molecule has 0 aliphatic carbocycles. The van der Waals surface area contributed by atoms with E-state index in [1.54, 1.807) is 61.3 Å². The first-order chi connectivity index (χ1) is 17.2. The second-order valence-electron chi connectivity index (χ2n) is 8.80. The molecule has 0 saturated carbocycles. The molecule has 2 heterocycles. The van der Waals surface area contributed by atoms with Crippen LogP contribution in [0.25, 0.3) is 22.0 Å². The van der Waals surface area contributed by atoms with Crippen LogP contribution in [0.2, 0.25) is 0 Å². The van der Waals surface area contributed by atoms with Gasteiger partial charge in [-0.15, -0.1) is 12.4 Å². The molecule has 2 aromatic carbocycles. The minimum Gasteiger partial charge on any atom is -0.507 e. The third-order valence-electron chi connectivity index (χ3n) is 6.04. The summed E-state index contributed by atoms with van der Waals surface area (Å²) in [6, 6.07) is 13.5. The number of nitrogens with zero attached hydrogens (tertiary/aromatic N) is 3. The lowest BCUT2D eigenvalue weighted by Gasteiger charge is -2.17. The van der Waals surface area contributed by atoms with Crippen molar-refractivity contribution in [3.8, 4) is 16.9 Å². The number of pyridine rings is 1. The van der Waals surface area contributed by atoms with Crippen molar-refractivity contribution in [1.29, 1.82) is 0 Å². The van der Waals surface area contributed by atoms with Gasteiger partial charge in [0, 0.05) is 53.8 Å². The number of rotatable bonds is 8. The highest BCUT2D eigenvalue weighted by Gasteiger charge is 2.30. The average Bonchev–Trinajstić information content (AvgIpc) is 3.12. The highest BCUT2D eigenvalue weighted by atomic mass is 35.5. The van der Waals surface area contributed by atoms with E-state index in [0.717, 1.165) is 0 Å². The number of fused-ring (bicyclic) bond motifs is 1.